The molecule has 1 atom stereocenters. The van der Waals surface area contributed by atoms with E-state index in [1.54, 1.807) is 6.07 Å². The molecule has 4 heteroatoms. The predicted octanol–water partition coefficient (Wildman–Crippen LogP) is 4.29. The van der Waals surface area contributed by atoms with Crippen molar-refractivity contribution in [2.75, 3.05) is 5.32 Å². The van der Waals surface area contributed by atoms with Crippen molar-refractivity contribution in [1.29, 1.82) is 0 Å². The van der Waals surface area contributed by atoms with Crippen molar-refractivity contribution in [3.8, 4) is 0 Å². The van der Waals surface area contributed by atoms with Gasteiger partial charge in [0, 0.05) is 22.7 Å². The number of para-hydroxylation sites is 2. The molecule has 24 heavy (non-hydrogen) atoms. The number of hydrogen-bond acceptors (Lipinski definition) is 2. The SMILES string of the molecule is CC[C@@H](C)c1ccccc1NC(=O)c1cc(=O)[nH]c2ccccc12. The summed E-state index contributed by atoms with van der Waals surface area (Å²) in [5.41, 5.74) is 2.65. The number of anilines is 1. The van der Waals surface area contributed by atoms with Crippen molar-refractivity contribution in [3.63, 3.8) is 0 Å². The number of hydrogen-bond donors (Lipinski definition) is 2. The maximum absolute atomic E-state index is 12.8. The van der Waals surface area contributed by atoms with Crippen LogP contribution in [-0.4, -0.2) is 10.9 Å². The summed E-state index contributed by atoms with van der Waals surface area (Å²) in [6.07, 6.45) is 0.987. The van der Waals surface area contributed by atoms with Gasteiger partial charge in [0.15, 0.2) is 0 Å². The zero-order valence-electron chi connectivity index (χ0n) is 13.8. The first kappa shape index (κ1) is 16.0. The lowest BCUT2D eigenvalue weighted by atomic mass is 9.96. The Bertz CT molecular complexity index is 944. The molecule has 1 aromatic heterocycles. The fourth-order valence-corrected chi connectivity index (χ4v) is 2.84. The molecule has 0 fully saturated rings. The molecular formula is C20H20N2O2. The van der Waals surface area contributed by atoms with Crippen molar-refractivity contribution >= 4 is 22.5 Å². The number of amides is 1. The van der Waals surface area contributed by atoms with E-state index >= 15 is 0 Å². The van der Waals surface area contributed by atoms with Gasteiger partial charge in [0.25, 0.3) is 5.91 Å². The van der Waals surface area contributed by atoms with E-state index < -0.39 is 0 Å². The van der Waals surface area contributed by atoms with Crippen molar-refractivity contribution in [3.05, 3.63) is 76.1 Å². The van der Waals surface area contributed by atoms with Crippen LogP contribution in [0.2, 0.25) is 0 Å². The lowest BCUT2D eigenvalue weighted by Crippen LogP contribution is -2.18. The van der Waals surface area contributed by atoms with Gasteiger partial charge in [0.05, 0.1) is 5.56 Å². The van der Waals surface area contributed by atoms with E-state index in [1.165, 1.54) is 6.07 Å². The Hall–Kier alpha value is -2.88. The highest BCUT2D eigenvalue weighted by Crippen LogP contribution is 2.27. The minimum absolute atomic E-state index is 0.270. The van der Waals surface area contributed by atoms with E-state index in [9.17, 15) is 9.59 Å². The van der Waals surface area contributed by atoms with E-state index in [0.29, 0.717) is 17.0 Å². The molecule has 1 heterocycles. The minimum atomic E-state index is -0.283. The van der Waals surface area contributed by atoms with Crippen LogP contribution in [0.15, 0.2) is 59.4 Å². The van der Waals surface area contributed by atoms with Crippen LogP contribution in [0.3, 0.4) is 0 Å². The number of fused-ring (bicyclic) bond motifs is 1. The summed E-state index contributed by atoms with van der Waals surface area (Å²) >= 11 is 0. The summed E-state index contributed by atoms with van der Waals surface area (Å²) in [6, 6.07) is 16.5. The number of aromatic amines is 1. The van der Waals surface area contributed by atoms with Gasteiger partial charge < -0.3 is 10.3 Å². The molecule has 3 aromatic rings. The Morgan fingerprint density at radius 3 is 2.62 bits per heavy atom. The van der Waals surface area contributed by atoms with Crippen LogP contribution in [0.4, 0.5) is 5.69 Å². The molecule has 122 valence electrons. The first-order valence-corrected chi connectivity index (χ1v) is 8.12. The summed E-state index contributed by atoms with van der Waals surface area (Å²) in [7, 11) is 0. The fourth-order valence-electron chi connectivity index (χ4n) is 2.84. The van der Waals surface area contributed by atoms with E-state index in [0.717, 1.165) is 23.1 Å². The third-order valence-electron chi connectivity index (χ3n) is 4.35. The summed E-state index contributed by atoms with van der Waals surface area (Å²) in [4.78, 5) is 27.4. The number of rotatable bonds is 4. The quantitative estimate of drug-likeness (QED) is 0.753. The molecule has 0 saturated heterocycles. The number of H-pyrrole nitrogens is 1. The van der Waals surface area contributed by atoms with Crippen LogP contribution in [0.5, 0.6) is 0 Å². The number of carbonyl (C=O) groups is 1. The highest BCUT2D eigenvalue weighted by molar-refractivity contribution is 6.12. The molecule has 3 rings (SSSR count). The number of carbonyl (C=O) groups excluding carboxylic acids is 1. The third-order valence-corrected chi connectivity index (χ3v) is 4.35. The standard InChI is InChI=1S/C20H20N2O2/c1-3-13(2)14-8-4-6-10-17(14)22-20(24)16-12-19(23)21-18-11-7-5-9-15(16)18/h4-13H,3H2,1-2H3,(H,21,23)(H,22,24)/t13-/m1/s1. The third kappa shape index (κ3) is 3.08. The Labute approximate surface area is 140 Å². The summed E-state index contributed by atoms with van der Waals surface area (Å²) in [5.74, 6) is 0.0745. The van der Waals surface area contributed by atoms with Gasteiger partial charge in [-0.25, -0.2) is 0 Å². The van der Waals surface area contributed by atoms with Crippen molar-refractivity contribution in [2.24, 2.45) is 0 Å². The van der Waals surface area contributed by atoms with Crippen LogP contribution in [0.25, 0.3) is 10.9 Å². The summed E-state index contributed by atoms with van der Waals surface area (Å²) < 4.78 is 0. The topological polar surface area (TPSA) is 62.0 Å². The Morgan fingerprint density at radius 2 is 1.83 bits per heavy atom. The Balaban J connectivity index is 2.02. The highest BCUT2D eigenvalue weighted by atomic mass is 16.2. The van der Waals surface area contributed by atoms with Gasteiger partial charge in [-0.3, -0.25) is 9.59 Å². The first-order valence-electron chi connectivity index (χ1n) is 8.12. The molecule has 0 aliphatic heterocycles. The average Bonchev–Trinajstić information content (AvgIpc) is 2.60. The van der Waals surface area contributed by atoms with Gasteiger partial charge in [0.1, 0.15) is 0 Å². The van der Waals surface area contributed by atoms with Crippen LogP contribution < -0.4 is 10.9 Å². The fraction of sp³-hybridized carbons (Fsp3) is 0.200. The van der Waals surface area contributed by atoms with Crippen molar-refractivity contribution < 1.29 is 4.79 Å². The van der Waals surface area contributed by atoms with Gasteiger partial charge in [0.2, 0.25) is 5.56 Å². The van der Waals surface area contributed by atoms with Gasteiger partial charge in [-0.15, -0.1) is 0 Å². The summed E-state index contributed by atoms with van der Waals surface area (Å²) in [5, 5.41) is 3.70. The number of nitrogens with one attached hydrogen (secondary N) is 2. The van der Waals surface area contributed by atoms with Gasteiger partial charge in [-0.1, -0.05) is 50.2 Å². The van der Waals surface area contributed by atoms with Gasteiger partial charge >= 0.3 is 0 Å². The molecule has 0 radical (unpaired) electrons. The van der Waals surface area contributed by atoms with Gasteiger partial charge in [-0.05, 0) is 30.0 Å². The Kier molecular flexibility index (Phi) is 4.47. The van der Waals surface area contributed by atoms with Crippen LogP contribution in [0, 0.1) is 0 Å². The molecule has 0 aliphatic carbocycles. The molecule has 0 aliphatic rings. The molecule has 0 unspecified atom stereocenters. The lowest BCUT2D eigenvalue weighted by Gasteiger charge is -2.16. The van der Waals surface area contributed by atoms with E-state index in [4.69, 9.17) is 0 Å². The second kappa shape index (κ2) is 6.71. The second-order valence-electron chi connectivity index (χ2n) is 5.94. The highest BCUT2D eigenvalue weighted by Gasteiger charge is 2.15. The molecule has 1 amide bonds. The Morgan fingerprint density at radius 1 is 1.12 bits per heavy atom. The molecule has 0 saturated carbocycles. The molecule has 2 aromatic carbocycles. The van der Waals surface area contributed by atoms with E-state index in [-0.39, 0.29) is 11.5 Å². The van der Waals surface area contributed by atoms with Crippen LogP contribution in [0.1, 0.15) is 42.1 Å². The smallest absolute Gasteiger partial charge is 0.256 e. The van der Waals surface area contributed by atoms with E-state index in [1.807, 2.05) is 42.5 Å². The number of pyridine rings is 1. The zero-order valence-corrected chi connectivity index (χ0v) is 13.8. The van der Waals surface area contributed by atoms with Crippen molar-refractivity contribution in [2.45, 2.75) is 26.2 Å². The molecular weight excluding hydrogens is 300 g/mol. The predicted molar refractivity (Wildman–Crippen MR) is 97.7 cm³/mol. The monoisotopic (exact) mass is 320 g/mol. The normalized spacial score (nSPS) is 12.1. The minimum Gasteiger partial charge on any atom is -0.322 e. The maximum atomic E-state index is 12.8. The molecule has 2 N–H and O–H groups in total. The van der Waals surface area contributed by atoms with Crippen LogP contribution >= 0.6 is 0 Å². The lowest BCUT2D eigenvalue weighted by molar-refractivity contribution is 0.102. The molecule has 4 nitrogen and oxygen atoms in total. The molecule has 0 spiro atoms. The number of aromatic nitrogens is 1. The van der Waals surface area contributed by atoms with Gasteiger partial charge in [-0.2, -0.15) is 0 Å². The first-order chi connectivity index (χ1) is 11.6. The van der Waals surface area contributed by atoms with E-state index in [2.05, 4.69) is 24.1 Å². The largest absolute Gasteiger partial charge is 0.322 e. The number of benzene rings is 2. The summed E-state index contributed by atoms with van der Waals surface area (Å²) in [6.45, 7) is 4.25. The molecule has 0 bridgehead atoms. The van der Waals surface area contributed by atoms with Crippen LogP contribution in [-0.2, 0) is 0 Å². The second-order valence-corrected chi connectivity index (χ2v) is 5.94. The zero-order chi connectivity index (χ0) is 17.1. The van der Waals surface area contributed by atoms with Crippen molar-refractivity contribution in [1.82, 2.24) is 4.98 Å². The average molecular weight is 320 g/mol. The maximum Gasteiger partial charge on any atom is 0.256 e.